The third kappa shape index (κ3) is 2.71. The van der Waals surface area contributed by atoms with Crippen LogP contribution in [0.4, 0.5) is 0 Å². The van der Waals surface area contributed by atoms with E-state index in [4.69, 9.17) is 11.6 Å². The third-order valence-corrected chi connectivity index (χ3v) is 5.95. The molecule has 2 aromatic rings. The molecular weight excluding hydrogens is 310 g/mol. The van der Waals surface area contributed by atoms with Crippen molar-refractivity contribution in [1.82, 2.24) is 14.1 Å². The van der Waals surface area contributed by atoms with Crippen molar-refractivity contribution in [3.8, 4) is 5.69 Å². The van der Waals surface area contributed by atoms with E-state index in [0.717, 1.165) is 16.9 Å². The van der Waals surface area contributed by atoms with Gasteiger partial charge in [-0.2, -0.15) is 9.40 Å². The molecular formula is C14H16ClN3O2S. The average Bonchev–Trinajstić information content (AvgIpc) is 2.94. The molecule has 1 aromatic heterocycles. The summed E-state index contributed by atoms with van der Waals surface area (Å²) in [5.41, 5.74) is 2.39. The summed E-state index contributed by atoms with van der Waals surface area (Å²) in [6.07, 6.45) is 0.672. The van der Waals surface area contributed by atoms with Crippen molar-refractivity contribution < 1.29 is 8.42 Å². The maximum atomic E-state index is 11.9. The molecule has 0 aliphatic carbocycles. The van der Waals surface area contributed by atoms with Gasteiger partial charge < -0.3 is 0 Å². The van der Waals surface area contributed by atoms with Gasteiger partial charge in [-0.05, 0) is 25.5 Å². The van der Waals surface area contributed by atoms with Crippen molar-refractivity contribution in [2.45, 2.75) is 19.9 Å². The summed E-state index contributed by atoms with van der Waals surface area (Å²) in [7, 11) is -3.14. The summed E-state index contributed by atoms with van der Waals surface area (Å²) in [4.78, 5) is 0. The first-order valence-electron chi connectivity index (χ1n) is 6.76. The zero-order chi connectivity index (χ0) is 15.0. The van der Waals surface area contributed by atoms with Crippen LogP contribution in [0, 0.1) is 6.92 Å². The molecule has 0 amide bonds. The number of benzene rings is 1. The number of hydrogen-bond acceptors (Lipinski definition) is 3. The molecule has 0 saturated carbocycles. The summed E-state index contributed by atoms with van der Waals surface area (Å²) >= 11 is 6.41. The highest BCUT2D eigenvalue weighted by Gasteiger charge is 2.30. The van der Waals surface area contributed by atoms with E-state index in [1.807, 2.05) is 37.3 Å². The lowest BCUT2D eigenvalue weighted by Gasteiger charge is -2.13. The number of hydrogen-bond donors (Lipinski definition) is 0. The Morgan fingerprint density at radius 3 is 2.62 bits per heavy atom. The highest BCUT2D eigenvalue weighted by atomic mass is 35.5. The van der Waals surface area contributed by atoms with E-state index in [9.17, 15) is 8.42 Å². The van der Waals surface area contributed by atoms with Gasteiger partial charge in [0.2, 0.25) is 10.0 Å². The molecule has 0 N–H and O–H groups in total. The topological polar surface area (TPSA) is 55.2 Å². The monoisotopic (exact) mass is 325 g/mol. The molecule has 3 rings (SSSR count). The zero-order valence-electron chi connectivity index (χ0n) is 11.7. The minimum Gasteiger partial charge on any atom is -0.222 e. The molecule has 1 fully saturated rings. The Balaban J connectivity index is 1.96. The summed E-state index contributed by atoms with van der Waals surface area (Å²) in [6, 6.07) is 9.56. The van der Waals surface area contributed by atoms with E-state index in [1.54, 1.807) is 4.68 Å². The molecule has 0 bridgehead atoms. The fourth-order valence-electron chi connectivity index (χ4n) is 2.50. The predicted molar refractivity (Wildman–Crippen MR) is 82.1 cm³/mol. The van der Waals surface area contributed by atoms with Gasteiger partial charge in [0, 0.05) is 18.7 Å². The van der Waals surface area contributed by atoms with Crippen LogP contribution in [-0.2, 0) is 16.6 Å². The largest absolute Gasteiger partial charge is 0.222 e. The minimum atomic E-state index is -3.14. The second-order valence-electron chi connectivity index (χ2n) is 5.11. The maximum absolute atomic E-state index is 11.9. The fraction of sp³-hybridized carbons (Fsp3) is 0.357. The van der Waals surface area contributed by atoms with Crippen molar-refractivity contribution in [1.29, 1.82) is 0 Å². The second-order valence-corrected chi connectivity index (χ2v) is 7.55. The molecule has 112 valence electrons. The van der Waals surface area contributed by atoms with Crippen molar-refractivity contribution in [2.75, 3.05) is 12.3 Å². The van der Waals surface area contributed by atoms with Crippen LogP contribution in [0.5, 0.6) is 0 Å². The van der Waals surface area contributed by atoms with E-state index < -0.39 is 10.0 Å². The van der Waals surface area contributed by atoms with Crippen molar-refractivity contribution in [2.24, 2.45) is 0 Å². The average molecular weight is 326 g/mol. The first kappa shape index (κ1) is 14.6. The van der Waals surface area contributed by atoms with Crippen molar-refractivity contribution in [3.63, 3.8) is 0 Å². The number of sulfonamides is 1. The molecule has 1 aliphatic rings. The van der Waals surface area contributed by atoms with Gasteiger partial charge >= 0.3 is 0 Å². The molecule has 0 unspecified atom stereocenters. The van der Waals surface area contributed by atoms with Crippen molar-refractivity contribution >= 4 is 21.6 Å². The Morgan fingerprint density at radius 2 is 2.00 bits per heavy atom. The van der Waals surface area contributed by atoms with Crippen LogP contribution in [-0.4, -0.2) is 34.8 Å². The van der Waals surface area contributed by atoms with Crippen LogP contribution in [0.15, 0.2) is 30.3 Å². The summed E-state index contributed by atoms with van der Waals surface area (Å²) in [5, 5.41) is 4.91. The highest BCUT2D eigenvalue weighted by molar-refractivity contribution is 7.89. The molecule has 2 heterocycles. The van der Waals surface area contributed by atoms with E-state index in [2.05, 4.69) is 5.10 Å². The van der Waals surface area contributed by atoms with E-state index >= 15 is 0 Å². The highest BCUT2D eigenvalue weighted by Crippen LogP contribution is 2.27. The summed E-state index contributed by atoms with van der Waals surface area (Å²) in [6.45, 7) is 2.69. The maximum Gasteiger partial charge on any atom is 0.214 e. The first-order chi connectivity index (χ1) is 9.99. The number of rotatable bonds is 3. The zero-order valence-corrected chi connectivity index (χ0v) is 13.2. The van der Waals surface area contributed by atoms with Crippen LogP contribution >= 0.6 is 11.6 Å². The Labute approximate surface area is 129 Å². The molecule has 0 spiro atoms. The van der Waals surface area contributed by atoms with E-state index in [0.29, 0.717) is 24.7 Å². The lowest BCUT2D eigenvalue weighted by molar-refractivity contribution is 0.439. The minimum absolute atomic E-state index is 0.219. The molecule has 0 radical (unpaired) electrons. The van der Waals surface area contributed by atoms with Crippen LogP contribution < -0.4 is 0 Å². The van der Waals surface area contributed by atoms with Gasteiger partial charge in [-0.25, -0.2) is 13.1 Å². The lowest BCUT2D eigenvalue weighted by atomic mass is 10.2. The van der Waals surface area contributed by atoms with Crippen LogP contribution in [0.2, 0.25) is 5.15 Å². The Bertz CT molecular complexity index is 756. The van der Waals surface area contributed by atoms with Gasteiger partial charge in [-0.3, -0.25) is 0 Å². The summed E-state index contributed by atoms with van der Waals surface area (Å²) < 4.78 is 27.0. The Hall–Kier alpha value is -1.37. The number of para-hydroxylation sites is 1. The van der Waals surface area contributed by atoms with Crippen LogP contribution in [0.1, 0.15) is 17.7 Å². The number of nitrogens with zero attached hydrogens (tertiary/aromatic N) is 3. The predicted octanol–water partition coefficient (Wildman–Crippen LogP) is 2.37. The van der Waals surface area contributed by atoms with Crippen LogP contribution in [0.25, 0.3) is 5.69 Å². The lowest BCUT2D eigenvalue weighted by Crippen LogP contribution is -2.25. The fourth-order valence-corrected chi connectivity index (χ4v) is 4.31. The molecule has 1 saturated heterocycles. The second kappa shape index (κ2) is 5.44. The Kier molecular flexibility index (Phi) is 3.77. The van der Waals surface area contributed by atoms with Crippen LogP contribution in [0.3, 0.4) is 0 Å². The number of aryl methyl sites for hydroxylation is 1. The molecule has 0 atom stereocenters. The van der Waals surface area contributed by atoms with Gasteiger partial charge in [0.25, 0.3) is 0 Å². The number of aromatic nitrogens is 2. The Morgan fingerprint density at radius 1 is 1.29 bits per heavy atom. The third-order valence-electron chi connectivity index (χ3n) is 3.66. The molecule has 5 nitrogen and oxygen atoms in total. The van der Waals surface area contributed by atoms with Crippen molar-refractivity contribution in [3.05, 3.63) is 46.7 Å². The van der Waals surface area contributed by atoms with Gasteiger partial charge in [0.15, 0.2) is 0 Å². The van der Waals surface area contributed by atoms with E-state index in [-0.39, 0.29) is 5.75 Å². The smallest absolute Gasteiger partial charge is 0.214 e. The molecule has 1 aromatic carbocycles. The molecule has 21 heavy (non-hydrogen) atoms. The molecule has 1 aliphatic heterocycles. The van der Waals surface area contributed by atoms with Gasteiger partial charge in [-0.15, -0.1) is 0 Å². The normalized spacial score (nSPS) is 18.2. The quantitative estimate of drug-likeness (QED) is 0.870. The van der Waals surface area contributed by atoms with E-state index in [1.165, 1.54) is 4.31 Å². The SMILES string of the molecule is Cc1nn(-c2ccccc2)c(Cl)c1CN1CCCS1(=O)=O. The summed E-state index contributed by atoms with van der Waals surface area (Å²) in [5.74, 6) is 0.219. The van der Waals surface area contributed by atoms with Gasteiger partial charge in [-0.1, -0.05) is 29.8 Å². The molecule has 7 heteroatoms. The number of halogens is 1. The standard InChI is InChI=1S/C14H16ClN3O2S/c1-11-13(10-17-8-5-9-21(17,19)20)14(15)18(16-11)12-6-3-2-4-7-12/h2-4,6-7H,5,8-10H2,1H3. The van der Waals surface area contributed by atoms with Gasteiger partial charge in [0.1, 0.15) is 5.15 Å². The first-order valence-corrected chi connectivity index (χ1v) is 8.75. The van der Waals surface area contributed by atoms with Gasteiger partial charge in [0.05, 0.1) is 17.1 Å².